The Kier molecular flexibility index (Phi) is 4.06. The third-order valence-electron chi connectivity index (χ3n) is 2.42. The molecule has 0 unspecified atom stereocenters. The maximum Gasteiger partial charge on any atom is 0.167 e. The number of ether oxygens (including phenoxy) is 1. The highest BCUT2D eigenvalue weighted by atomic mass is 19.1. The Morgan fingerprint density at radius 1 is 1.37 bits per heavy atom. The Balaban J connectivity index is 2.09. The molecule has 7 heteroatoms. The fourth-order valence-corrected chi connectivity index (χ4v) is 1.61. The minimum absolute atomic E-state index is 0.0105. The van der Waals surface area contributed by atoms with Gasteiger partial charge in [0.25, 0.3) is 0 Å². The molecular formula is C12H13F2N3O2. The number of benzene rings is 1. The fraction of sp³-hybridized carbons (Fsp3) is 0.333. The van der Waals surface area contributed by atoms with E-state index in [9.17, 15) is 8.78 Å². The van der Waals surface area contributed by atoms with Crippen molar-refractivity contribution in [1.29, 1.82) is 0 Å². The van der Waals surface area contributed by atoms with Crippen molar-refractivity contribution in [2.45, 2.75) is 20.1 Å². The molecule has 0 bridgehead atoms. The van der Waals surface area contributed by atoms with Crippen LogP contribution in [0.2, 0.25) is 0 Å². The van der Waals surface area contributed by atoms with Crippen LogP contribution in [0.5, 0.6) is 5.75 Å². The van der Waals surface area contributed by atoms with Gasteiger partial charge in [0.15, 0.2) is 17.4 Å². The van der Waals surface area contributed by atoms with E-state index in [1.807, 2.05) is 0 Å². The number of aromatic nitrogens is 3. The fourth-order valence-electron chi connectivity index (χ4n) is 1.61. The predicted octanol–water partition coefficient (Wildman–Crippen LogP) is 1.44. The number of aryl methyl sites for hydroxylation is 1. The largest absolute Gasteiger partial charge is 0.483 e. The molecule has 1 heterocycles. The normalized spacial score (nSPS) is 10.7. The first-order valence-corrected chi connectivity index (χ1v) is 5.69. The lowest BCUT2D eigenvalue weighted by Gasteiger charge is -2.07. The molecule has 1 aromatic heterocycles. The molecule has 0 saturated carbocycles. The highest BCUT2D eigenvalue weighted by Crippen LogP contribution is 2.18. The first-order valence-electron chi connectivity index (χ1n) is 5.69. The van der Waals surface area contributed by atoms with Crippen LogP contribution in [-0.2, 0) is 13.2 Å². The van der Waals surface area contributed by atoms with Crippen LogP contribution in [-0.4, -0.2) is 26.5 Å². The van der Waals surface area contributed by atoms with Crippen LogP contribution in [0.25, 0.3) is 0 Å². The number of hydrogen-bond acceptors (Lipinski definition) is 4. The second-order valence-electron chi connectivity index (χ2n) is 3.89. The lowest BCUT2D eigenvalue weighted by Crippen LogP contribution is -2.11. The molecule has 0 radical (unpaired) electrons. The first-order chi connectivity index (χ1) is 9.10. The summed E-state index contributed by atoms with van der Waals surface area (Å²) in [5, 5.41) is 12.9. The lowest BCUT2D eigenvalue weighted by molar-refractivity contribution is 0.246. The minimum atomic E-state index is -0.773. The van der Waals surface area contributed by atoms with Crippen molar-refractivity contribution in [3.63, 3.8) is 0 Å². The van der Waals surface area contributed by atoms with E-state index in [4.69, 9.17) is 9.84 Å². The van der Waals surface area contributed by atoms with Gasteiger partial charge in [0.1, 0.15) is 18.2 Å². The van der Waals surface area contributed by atoms with Crippen LogP contribution in [0, 0.1) is 18.6 Å². The molecule has 0 aliphatic rings. The summed E-state index contributed by atoms with van der Waals surface area (Å²) in [6.07, 6.45) is 0. The van der Waals surface area contributed by atoms with Crippen LogP contribution in [0.4, 0.5) is 8.78 Å². The van der Waals surface area contributed by atoms with Gasteiger partial charge in [-0.15, -0.1) is 0 Å². The van der Waals surface area contributed by atoms with Crippen LogP contribution >= 0.6 is 0 Å². The summed E-state index contributed by atoms with van der Waals surface area (Å²) >= 11 is 0. The van der Waals surface area contributed by atoms with Gasteiger partial charge in [-0.25, -0.2) is 18.4 Å². The summed E-state index contributed by atoms with van der Waals surface area (Å²) in [6.45, 7) is 1.89. The Hall–Kier alpha value is -2.02. The quantitative estimate of drug-likeness (QED) is 0.892. The smallest absolute Gasteiger partial charge is 0.167 e. The Labute approximate surface area is 108 Å². The van der Waals surface area contributed by atoms with Gasteiger partial charge in [-0.2, -0.15) is 5.10 Å². The molecule has 2 rings (SSSR count). The first kappa shape index (κ1) is 13.4. The summed E-state index contributed by atoms with van der Waals surface area (Å²) in [5.74, 6) is -0.492. The number of nitrogens with zero attached hydrogens (tertiary/aromatic N) is 3. The van der Waals surface area contributed by atoms with Crippen molar-refractivity contribution in [3.05, 3.63) is 41.5 Å². The highest BCUT2D eigenvalue weighted by Gasteiger charge is 2.10. The number of halogens is 2. The maximum absolute atomic E-state index is 13.4. The summed E-state index contributed by atoms with van der Waals surface area (Å²) in [4.78, 5) is 4.11. The van der Waals surface area contributed by atoms with Gasteiger partial charge >= 0.3 is 0 Å². The number of hydrogen-bond donors (Lipinski definition) is 1. The van der Waals surface area contributed by atoms with Crippen LogP contribution in [0.15, 0.2) is 18.2 Å². The van der Waals surface area contributed by atoms with E-state index in [2.05, 4.69) is 10.1 Å². The molecule has 0 spiro atoms. The van der Waals surface area contributed by atoms with Crippen LogP contribution in [0.1, 0.15) is 11.6 Å². The standard InChI is InChI=1S/C12H13F2N3O2/c1-8-15-12(17(16-8)4-5-18)7-19-11-3-2-9(13)6-10(11)14/h2-3,6,18H,4-5,7H2,1H3. The third-order valence-corrected chi connectivity index (χ3v) is 2.42. The second-order valence-corrected chi connectivity index (χ2v) is 3.89. The molecule has 1 N–H and O–H groups in total. The average molecular weight is 269 g/mol. The molecule has 2 aromatic rings. The van der Waals surface area contributed by atoms with Gasteiger partial charge < -0.3 is 9.84 Å². The molecular weight excluding hydrogens is 256 g/mol. The molecule has 0 aliphatic heterocycles. The van der Waals surface area contributed by atoms with Crippen LogP contribution < -0.4 is 4.74 Å². The van der Waals surface area contributed by atoms with Crippen molar-refractivity contribution >= 4 is 0 Å². The molecule has 5 nitrogen and oxygen atoms in total. The van der Waals surface area contributed by atoms with E-state index in [0.717, 1.165) is 12.1 Å². The molecule has 0 aliphatic carbocycles. The molecule has 102 valence electrons. The maximum atomic E-state index is 13.4. The van der Waals surface area contributed by atoms with E-state index in [0.29, 0.717) is 11.6 Å². The van der Waals surface area contributed by atoms with Gasteiger partial charge in [-0.05, 0) is 19.1 Å². The second kappa shape index (κ2) is 5.75. The van der Waals surface area contributed by atoms with E-state index in [1.165, 1.54) is 10.7 Å². The topological polar surface area (TPSA) is 60.2 Å². The zero-order valence-electron chi connectivity index (χ0n) is 10.3. The SMILES string of the molecule is Cc1nc(COc2ccc(F)cc2F)n(CCO)n1. The van der Waals surface area contributed by atoms with Gasteiger partial charge in [0.05, 0.1) is 13.2 Å². The van der Waals surface area contributed by atoms with E-state index >= 15 is 0 Å². The van der Waals surface area contributed by atoms with Crippen molar-refractivity contribution in [3.8, 4) is 5.75 Å². The Bertz CT molecular complexity index is 572. The van der Waals surface area contributed by atoms with Gasteiger partial charge in [-0.3, -0.25) is 0 Å². The predicted molar refractivity (Wildman–Crippen MR) is 62.5 cm³/mol. The van der Waals surface area contributed by atoms with E-state index in [1.54, 1.807) is 6.92 Å². The van der Waals surface area contributed by atoms with Crippen molar-refractivity contribution in [2.24, 2.45) is 0 Å². The van der Waals surface area contributed by atoms with Gasteiger partial charge in [0.2, 0.25) is 0 Å². The third kappa shape index (κ3) is 3.25. The van der Waals surface area contributed by atoms with E-state index < -0.39 is 11.6 Å². The minimum Gasteiger partial charge on any atom is -0.483 e. The number of aliphatic hydroxyl groups is 1. The van der Waals surface area contributed by atoms with Crippen molar-refractivity contribution in [1.82, 2.24) is 14.8 Å². The summed E-state index contributed by atoms with van der Waals surface area (Å²) in [7, 11) is 0. The van der Waals surface area contributed by atoms with Crippen LogP contribution in [0.3, 0.4) is 0 Å². The molecule has 0 saturated heterocycles. The molecule has 19 heavy (non-hydrogen) atoms. The zero-order chi connectivity index (χ0) is 13.8. The van der Waals surface area contributed by atoms with Crippen molar-refractivity contribution < 1.29 is 18.6 Å². The summed E-state index contributed by atoms with van der Waals surface area (Å²) in [6, 6.07) is 3.07. The van der Waals surface area contributed by atoms with E-state index in [-0.39, 0.29) is 25.5 Å². The summed E-state index contributed by atoms with van der Waals surface area (Å²) < 4.78 is 32.8. The molecule has 1 aromatic carbocycles. The lowest BCUT2D eigenvalue weighted by atomic mass is 10.3. The molecule has 0 atom stereocenters. The average Bonchev–Trinajstić information content (AvgIpc) is 2.69. The Morgan fingerprint density at radius 2 is 2.16 bits per heavy atom. The van der Waals surface area contributed by atoms with Gasteiger partial charge in [-0.1, -0.05) is 0 Å². The molecule has 0 amide bonds. The number of aliphatic hydroxyl groups excluding tert-OH is 1. The monoisotopic (exact) mass is 269 g/mol. The number of rotatable bonds is 5. The van der Waals surface area contributed by atoms with Gasteiger partial charge in [0, 0.05) is 6.07 Å². The summed E-state index contributed by atoms with van der Waals surface area (Å²) in [5.41, 5.74) is 0. The van der Waals surface area contributed by atoms with Crippen molar-refractivity contribution in [2.75, 3.05) is 6.61 Å². The Morgan fingerprint density at radius 3 is 2.84 bits per heavy atom. The zero-order valence-corrected chi connectivity index (χ0v) is 10.3. The highest BCUT2D eigenvalue weighted by molar-refractivity contribution is 5.24. The molecule has 0 fully saturated rings.